The van der Waals surface area contributed by atoms with Gasteiger partial charge in [0.2, 0.25) is 11.8 Å². The summed E-state index contributed by atoms with van der Waals surface area (Å²) in [7, 11) is 0. The maximum Gasteiger partial charge on any atom is 0.238 e. The number of imide groups is 1. The second-order valence-electron chi connectivity index (χ2n) is 7.18. The van der Waals surface area contributed by atoms with Gasteiger partial charge in [-0.3, -0.25) is 14.5 Å². The Labute approximate surface area is 166 Å². The molecule has 6 heteroatoms. The minimum absolute atomic E-state index is 0.0868. The second-order valence-corrected chi connectivity index (χ2v) is 8.03. The zero-order valence-electron chi connectivity index (χ0n) is 14.1. The summed E-state index contributed by atoms with van der Waals surface area (Å²) in [5.74, 6) is 0.885. The van der Waals surface area contributed by atoms with Crippen molar-refractivity contribution in [2.45, 2.75) is 6.42 Å². The average molecular weight is 400 g/mol. The van der Waals surface area contributed by atoms with Gasteiger partial charge in [-0.1, -0.05) is 35.4 Å². The monoisotopic (exact) mass is 399 g/mol. The first-order chi connectivity index (χ1) is 13.0. The van der Waals surface area contributed by atoms with Crippen LogP contribution in [0.5, 0.6) is 11.5 Å². The number of allylic oxidation sites excluding steroid dienone is 2. The van der Waals surface area contributed by atoms with Gasteiger partial charge in [0.15, 0.2) is 0 Å². The van der Waals surface area contributed by atoms with Gasteiger partial charge in [0.1, 0.15) is 11.5 Å². The predicted molar refractivity (Wildman–Crippen MR) is 103 cm³/mol. The van der Waals surface area contributed by atoms with Crippen LogP contribution in [0.15, 0.2) is 54.6 Å². The smallest absolute Gasteiger partial charge is 0.238 e. The van der Waals surface area contributed by atoms with Crippen LogP contribution in [-0.2, 0) is 9.59 Å². The van der Waals surface area contributed by atoms with E-state index < -0.39 is 0 Å². The number of anilines is 1. The molecule has 2 aliphatic carbocycles. The third kappa shape index (κ3) is 2.59. The second kappa shape index (κ2) is 6.11. The summed E-state index contributed by atoms with van der Waals surface area (Å²) in [6.45, 7) is 0. The Morgan fingerprint density at radius 3 is 2.11 bits per heavy atom. The lowest BCUT2D eigenvalue weighted by atomic mass is 9.85. The minimum atomic E-state index is -0.198. The molecule has 2 fully saturated rings. The Kier molecular flexibility index (Phi) is 3.81. The van der Waals surface area contributed by atoms with Crippen molar-refractivity contribution in [1.82, 2.24) is 0 Å². The van der Waals surface area contributed by atoms with Crippen LogP contribution in [0, 0.1) is 23.7 Å². The van der Waals surface area contributed by atoms with E-state index in [2.05, 4.69) is 12.2 Å². The molecule has 2 bridgehead atoms. The average Bonchev–Trinajstić information content (AvgIpc) is 3.32. The molecule has 1 saturated heterocycles. The highest BCUT2D eigenvalue weighted by atomic mass is 35.5. The summed E-state index contributed by atoms with van der Waals surface area (Å²) >= 11 is 12.0. The molecule has 136 valence electrons. The van der Waals surface area contributed by atoms with Gasteiger partial charge in [0.25, 0.3) is 0 Å². The van der Waals surface area contributed by atoms with Gasteiger partial charge in [0, 0.05) is 5.02 Å². The van der Waals surface area contributed by atoms with E-state index in [0.29, 0.717) is 27.2 Å². The fourth-order valence-corrected chi connectivity index (χ4v) is 4.95. The molecular weight excluding hydrogens is 385 g/mol. The third-order valence-corrected chi connectivity index (χ3v) is 6.22. The van der Waals surface area contributed by atoms with Gasteiger partial charge in [-0.05, 0) is 60.7 Å². The van der Waals surface area contributed by atoms with Crippen LogP contribution in [0.3, 0.4) is 0 Å². The van der Waals surface area contributed by atoms with E-state index in [1.165, 1.54) is 4.90 Å². The number of benzene rings is 2. The lowest BCUT2D eigenvalue weighted by Gasteiger charge is -2.17. The van der Waals surface area contributed by atoms with E-state index in [-0.39, 0.29) is 35.5 Å². The number of ether oxygens (including phenoxy) is 1. The van der Waals surface area contributed by atoms with Crippen LogP contribution in [0.25, 0.3) is 0 Å². The molecule has 1 saturated carbocycles. The molecule has 0 spiro atoms. The van der Waals surface area contributed by atoms with Crippen molar-refractivity contribution in [2.24, 2.45) is 23.7 Å². The molecule has 4 atom stereocenters. The minimum Gasteiger partial charge on any atom is -0.456 e. The molecule has 2 aromatic rings. The van der Waals surface area contributed by atoms with Gasteiger partial charge >= 0.3 is 0 Å². The number of rotatable bonds is 3. The number of nitrogens with zero attached hydrogens (tertiary/aromatic N) is 1. The molecule has 0 unspecified atom stereocenters. The summed E-state index contributed by atoms with van der Waals surface area (Å²) in [5, 5.41) is 0.940. The Morgan fingerprint density at radius 1 is 0.889 bits per heavy atom. The van der Waals surface area contributed by atoms with Crippen molar-refractivity contribution in [3.8, 4) is 11.5 Å². The van der Waals surface area contributed by atoms with Gasteiger partial charge in [0.05, 0.1) is 22.5 Å². The highest BCUT2D eigenvalue weighted by Gasteiger charge is 2.59. The van der Waals surface area contributed by atoms with E-state index in [1.807, 2.05) is 0 Å². The molecule has 5 rings (SSSR count). The van der Waals surface area contributed by atoms with Crippen molar-refractivity contribution in [3.63, 3.8) is 0 Å². The normalized spacial score (nSPS) is 28.1. The fraction of sp³-hybridized carbons (Fsp3) is 0.238. The molecule has 1 aliphatic heterocycles. The molecule has 2 amide bonds. The predicted octanol–water partition coefficient (Wildman–Crippen LogP) is 5.10. The molecule has 2 aromatic carbocycles. The highest BCUT2D eigenvalue weighted by molar-refractivity contribution is 6.35. The maximum absolute atomic E-state index is 12.9. The van der Waals surface area contributed by atoms with E-state index in [1.54, 1.807) is 42.5 Å². The number of carbonyl (C=O) groups excluding carboxylic acids is 2. The maximum atomic E-state index is 12.9. The number of amides is 2. The topological polar surface area (TPSA) is 46.6 Å². The molecule has 4 nitrogen and oxygen atoms in total. The molecule has 0 aromatic heterocycles. The van der Waals surface area contributed by atoms with E-state index >= 15 is 0 Å². The van der Waals surface area contributed by atoms with Crippen molar-refractivity contribution in [2.75, 3.05) is 4.90 Å². The van der Waals surface area contributed by atoms with E-state index in [0.717, 1.165) is 6.42 Å². The fourth-order valence-electron chi connectivity index (χ4n) is 4.51. The Hall–Kier alpha value is -2.30. The Morgan fingerprint density at radius 2 is 1.52 bits per heavy atom. The highest BCUT2D eigenvalue weighted by Crippen LogP contribution is 2.53. The van der Waals surface area contributed by atoms with Gasteiger partial charge in [-0.25, -0.2) is 0 Å². The molecule has 1 heterocycles. The van der Waals surface area contributed by atoms with Crippen LogP contribution in [-0.4, -0.2) is 11.8 Å². The number of hydrogen-bond acceptors (Lipinski definition) is 3. The lowest BCUT2D eigenvalue weighted by Crippen LogP contribution is -2.32. The zero-order valence-corrected chi connectivity index (χ0v) is 15.7. The number of halogens is 2. The van der Waals surface area contributed by atoms with Crippen LogP contribution in [0.4, 0.5) is 5.69 Å². The molecule has 3 aliphatic rings. The van der Waals surface area contributed by atoms with Crippen LogP contribution in [0.2, 0.25) is 10.0 Å². The van der Waals surface area contributed by atoms with Gasteiger partial charge in [-0.15, -0.1) is 0 Å². The van der Waals surface area contributed by atoms with Crippen LogP contribution in [0.1, 0.15) is 6.42 Å². The Bertz CT molecular complexity index is 955. The number of fused-ring (bicyclic) bond motifs is 5. The first-order valence-corrected chi connectivity index (χ1v) is 9.57. The van der Waals surface area contributed by atoms with E-state index in [4.69, 9.17) is 27.9 Å². The zero-order chi connectivity index (χ0) is 18.7. The first kappa shape index (κ1) is 16.8. The van der Waals surface area contributed by atoms with Crippen molar-refractivity contribution in [3.05, 3.63) is 64.7 Å². The standard InChI is InChI=1S/C21H15Cl2NO3/c22-13-3-8-17(16(23)10-13)27-15-6-4-14(5-7-15)24-20(25)18-11-1-2-12(9-11)19(18)21(24)26/h1-8,10-12,18-19H,9H2/t11-,12-,18+,19+/m0/s1. The van der Waals surface area contributed by atoms with Crippen LogP contribution >= 0.6 is 23.2 Å². The molecule has 0 N–H and O–H groups in total. The SMILES string of the molecule is O=C1[C@H]2[C@H](C(=O)N1c1ccc(Oc3ccc(Cl)cc3Cl)cc1)[C@H]1C=C[C@H]2C1. The molecule has 0 radical (unpaired) electrons. The molecular formula is C21H15Cl2NO3. The van der Waals surface area contributed by atoms with Crippen molar-refractivity contribution in [1.29, 1.82) is 0 Å². The lowest BCUT2D eigenvalue weighted by molar-refractivity contribution is -0.123. The van der Waals surface area contributed by atoms with Crippen LogP contribution < -0.4 is 9.64 Å². The Balaban J connectivity index is 1.38. The largest absolute Gasteiger partial charge is 0.456 e. The summed E-state index contributed by atoms with van der Waals surface area (Å²) in [6, 6.07) is 11.9. The summed E-state index contributed by atoms with van der Waals surface area (Å²) < 4.78 is 5.77. The van der Waals surface area contributed by atoms with E-state index in [9.17, 15) is 9.59 Å². The summed E-state index contributed by atoms with van der Waals surface area (Å²) in [4.78, 5) is 27.0. The van der Waals surface area contributed by atoms with Gasteiger partial charge < -0.3 is 4.74 Å². The summed E-state index contributed by atoms with van der Waals surface area (Å²) in [6.07, 6.45) is 5.11. The number of carbonyl (C=O) groups is 2. The number of hydrogen-bond donors (Lipinski definition) is 0. The van der Waals surface area contributed by atoms with Crippen molar-refractivity contribution < 1.29 is 14.3 Å². The molecule has 27 heavy (non-hydrogen) atoms. The first-order valence-electron chi connectivity index (χ1n) is 8.82. The third-order valence-electron chi connectivity index (χ3n) is 5.69. The quantitative estimate of drug-likeness (QED) is 0.532. The van der Waals surface area contributed by atoms with Gasteiger partial charge in [-0.2, -0.15) is 0 Å². The summed E-state index contributed by atoms with van der Waals surface area (Å²) in [5.41, 5.74) is 0.577. The van der Waals surface area contributed by atoms with Crippen molar-refractivity contribution >= 4 is 40.7 Å².